The minimum Gasteiger partial charge on any atom is -0.493 e. The summed E-state index contributed by atoms with van der Waals surface area (Å²) < 4.78 is 12.2. The largest absolute Gasteiger partial charge is 0.493 e. The minimum absolute atomic E-state index is 0.688. The highest BCUT2D eigenvalue weighted by molar-refractivity contribution is 9.10. The smallest absolute Gasteiger partial charge is 0.162 e. The van der Waals surface area contributed by atoms with Crippen molar-refractivity contribution in [3.8, 4) is 11.5 Å². The van der Waals surface area contributed by atoms with Crippen molar-refractivity contribution in [3.05, 3.63) is 57.6 Å². The lowest BCUT2D eigenvalue weighted by Gasteiger charge is -2.14. The number of rotatable bonds is 8. The van der Waals surface area contributed by atoms with E-state index in [1.165, 1.54) is 11.1 Å². The minimum atomic E-state index is 0.688. The molecule has 0 spiro atoms. The molecule has 0 radical (unpaired) electrons. The first kappa shape index (κ1) is 17.8. The van der Waals surface area contributed by atoms with Crippen LogP contribution in [0.15, 0.2) is 40.9 Å². The molecule has 0 aliphatic heterocycles. The van der Waals surface area contributed by atoms with Crippen LogP contribution in [0, 0.1) is 6.92 Å². The van der Waals surface area contributed by atoms with Crippen LogP contribution >= 0.6 is 15.9 Å². The van der Waals surface area contributed by atoms with Crippen LogP contribution in [0.4, 0.5) is 0 Å². The van der Waals surface area contributed by atoms with Crippen LogP contribution < -0.4 is 14.8 Å². The maximum absolute atomic E-state index is 5.72. The lowest BCUT2D eigenvalue weighted by atomic mass is 10.1. The second kappa shape index (κ2) is 8.94. The summed E-state index contributed by atoms with van der Waals surface area (Å²) in [6.45, 7) is 6.48. The van der Waals surface area contributed by atoms with Crippen LogP contribution in [0.5, 0.6) is 11.5 Å². The number of benzene rings is 2. The molecule has 2 aromatic rings. The molecule has 0 unspecified atom stereocenters. The van der Waals surface area contributed by atoms with Gasteiger partial charge in [-0.3, -0.25) is 0 Å². The summed E-state index contributed by atoms with van der Waals surface area (Å²) in [6, 6.07) is 12.6. The number of aryl methyl sites for hydroxylation is 1. The van der Waals surface area contributed by atoms with Gasteiger partial charge < -0.3 is 14.8 Å². The molecule has 23 heavy (non-hydrogen) atoms. The van der Waals surface area contributed by atoms with Gasteiger partial charge in [-0.25, -0.2) is 0 Å². The molecule has 1 N–H and O–H groups in total. The monoisotopic (exact) mass is 377 g/mol. The van der Waals surface area contributed by atoms with E-state index in [1.54, 1.807) is 7.11 Å². The van der Waals surface area contributed by atoms with Crippen molar-refractivity contribution >= 4 is 15.9 Å². The number of hydrogen-bond acceptors (Lipinski definition) is 3. The molecule has 0 heterocycles. The summed E-state index contributed by atoms with van der Waals surface area (Å²) in [4.78, 5) is 0. The fraction of sp³-hybridized carbons (Fsp3) is 0.368. The topological polar surface area (TPSA) is 30.5 Å². The molecule has 2 aromatic carbocycles. The van der Waals surface area contributed by atoms with Crippen LogP contribution in [0.2, 0.25) is 0 Å². The predicted octanol–water partition coefficient (Wildman–Crippen LogP) is 4.84. The molecule has 0 amide bonds. The van der Waals surface area contributed by atoms with E-state index in [0.717, 1.165) is 41.0 Å². The molecule has 0 atom stereocenters. The Balaban J connectivity index is 2.00. The Morgan fingerprint density at radius 1 is 1.04 bits per heavy atom. The lowest BCUT2D eigenvalue weighted by Crippen LogP contribution is -2.13. The summed E-state index contributed by atoms with van der Waals surface area (Å²) in [7, 11) is 1.67. The molecule has 0 fully saturated rings. The molecular formula is C19H24BrNO2. The zero-order valence-electron chi connectivity index (χ0n) is 14.0. The van der Waals surface area contributed by atoms with Crippen LogP contribution in [0.3, 0.4) is 0 Å². The summed E-state index contributed by atoms with van der Waals surface area (Å²) in [6.07, 6.45) is 0.973. The van der Waals surface area contributed by atoms with Gasteiger partial charge in [0.05, 0.1) is 13.7 Å². The Labute approximate surface area is 147 Å². The quantitative estimate of drug-likeness (QED) is 0.713. The third kappa shape index (κ3) is 5.26. The van der Waals surface area contributed by atoms with Gasteiger partial charge in [-0.15, -0.1) is 0 Å². The van der Waals surface area contributed by atoms with Crippen molar-refractivity contribution in [3.63, 3.8) is 0 Å². The van der Waals surface area contributed by atoms with Crippen LogP contribution in [0.25, 0.3) is 0 Å². The lowest BCUT2D eigenvalue weighted by molar-refractivity contribution is 0.294. The molecule has 0 aromatic heterocycles. The first-order valence-corrected chi connectivity index (χ1v) is 8.68. The van der Waals surface area contributed by atoms with Gasteiger partial charge in [-0.2, -0.15) is 0 Å². The number of ether oxygens (including phenoxy) is 2. The summed E-state index contributed by atoms with van der Waals surface area (Å²) >= 11 is 3.62. The van der Waals surface area contributed by atoms with Gasteiger partial charge in [0.25, 0.3) is 0 Å². The maximum Gasteiger partial charge on any atom is 0.162 e. The second-order valence-electron chi connectivity index (χ2n) is 5.53. The Hall–Kier alpha value is -1.52. The molecule has 0 saturated carbocycles. The Morgan fingerprint density at radius 3 is 2.43 bits per heavy atom. The van der Waals surface area contributed by atoms with Gasteiger partial charge in [0.15, 0.2) is 11.5 Å². The number of nitrogens with one attached hydrogen (secondary N) is 1. The van der Waals surface area contributed by atoms with Crippen molar-refractivity contribution in [2.75, 3.05) is 13.7 Å². The molecule has 0 saturated heterocycles. The fourth-order valence-electron chi connectivity index (χ4n) is 2.24. The van der Waals surface area contributed by atoms with Crippen molar-refractivity contribution < 1.29 is 9.47 Å². The summed E-state index contributed by atoms with van der Waals surface area (Å²) in [5.74, 6) is 1.55. The SMILES string of the molecule is CCCOc1cc(Br)c(CNCc2ccc(C)cc2)cc1OC. The number of hydrogen-bond donors (Lipinski definition) is 1. The van der Waals surface area contributed by atoms with Crippen molar-refractivity contribution in [1.82, 2.24) is 5.32 Å². The maximum atomic E-state index is 5.72. The van der Waals surface area contributed by atoms with Crippen molar-refractivity contribution in [1.29, 1.82) is 0 Å². The fourth-order valence-corrected chi connectivity index (χ4v) is 2.71. The van der Waals surface area contributed by atoms with E-state index in [2.05, 4.69) is 59.4 Å². The zero-order chi connectivity index (χ0) is 16.7. The first-order valence-electron chi connectivity index (χ1n) is 7.89. The Bertz CT molecular complexity index is 626. The van der Waals surface area contributed by atoms with Gasteiger partial charge in [0.1, 0.15) is 0 Å². The average Bonchev–Trinajstić information content (AvgIpc) is 2.56. The molecule has 3 nitrogen and oxygen atoms in total. The average molecular weight is 378 g/mol. The first-order chi connectivity index (χ1) is 11.1. The second-order valence-corrected chi connectivity index (χ2v) is 6.39. The van der Waals surface area contributed by atoms with Gasteiger partial charge >= 0.3 is 0 Å². The number of halogens is 1. The van der Waals surface area contributed by atoms with E-state index in [4.69, 9.17) is 9.47 Å². The van der Waals surface area contributed by atoms with E-state index < -0.39 is 0 Å². The Kier molecular flexibility index (Phi) is 6.93. The molecule has 0 aliphatic rings. The number of methoxy groups -OCH3 is 1. The molecular weight excluding hydrogens is 354 g/mol. The normalized spacial score (nSPS) is 10.6. The molecule has 0 aliphatic carbocycles. The predicted molar refractivity (Wildman–Crippen MR) is 98.2 cm³/mol. The third-order valence-electron chi connectivity index (χ3n) is 3.56. The van der Waals surface area contributed by atoms with Gasteiger partial charge in [-0.05, 0) is 36.6 Å². The van der Waals surface area contributed by atoms with E-state index >= 15 is 0 Å². The highest BCUT2D eigenvalue weighted by Gasteiger charge is 2.10. The van der Waals surface area contributed by atoms with E-state index in [-0.39, 0.29) is 0 Å². The highest BCUT2D eigenvalue weighted by atomic mass is 79.9. The summed E-state index contributed by atoms with van der Waals surface area (Å²) in [5, 5.41) is 3.47. The standard InChI is InChI=1S/C19H24BrNO2/c1-4-9-23-19-11-17(20)16(10-18(19)22-3)13-21-12-15-7-5-14(2)6-8-15/h5-8,10-11,21H,4,9,12-13H2,1-3H3. The molecule has 124 valence electrons. The van der Waals surface area contributed by atoms with E-state index in [0.29, 0.717) is 6.61 Å². The van der Waals surface area contributed by atoms with Crippen molar-refractivity contribution in [2.24, 2.45) is 0 Å². The highest BCUT2D eigenvalue weighted by Crippen LogP contribution is 2.33. The van der Waals surface area contributed by atoms with Crippen LogP contribution in [-0.2, 0) is 13.1 Å². The van der Waals surface area contributed by atoms with Crippen molar-refractivity contribution in [2.45, 2.75) is 33.4 Å². The van der Waals surface area contributed by atoms with Gasteiger partial charge in [0.2, 0.25) is 0 Å². The van der Waals surface area contributed by atoms with E-state index in [1.807, 2.05) is 12.1 Å². The molecule has 4 heteroatoms. The van der Waals surface area contributed by atoms with Gasteiger partial charge in [0, 0.05) is 17.6 Å². The molecule has 2 rings (SSSR count). The van der Waals surface area contributed by atoms with Crippen LogP contribution in [-0.4, -0.2) is 13.7 Å². The van der Waals surface area contributed by atoms with Crippen LogP contribution in [0.1, 0.15) is 30.0 Å². The zero-order valence-corrected chi connectivity index (χ0v) is 15.6. The van der Waals surface area contributed by atoms with Gasteiger partial charge in [-0.1, -0.05) is 52.7 Å². The molecule has 0 bridgehead atoms. The Morgan fingerprint density at radius 2 is 1.78 bits per heavy atom. The summed E-state index contributed by atoms with van der Waals surface area (Å²) in [5.41, 5.74) is 3.71. The third-order valence-corrected chi connectivity index (χ3v) is 4.30. The van der Waals surface area contributed by atoms with E-state index in [9.17, 15) is 0 Å².